The Labute approximate surface area is 131 Å². The molecule has 2 heterocycles. The van der Waals surface area contributed by atoms with E-state index in [4.69, 9.17) is 11.6 Å². The lowest BCUT2D eigenvalue weighted by atomic mass is 9.98. The average Bonchev–Trinajstić information content (AvgIpc) is 2.76. The van der Waals surface area contributed by atoms with E-state index in [9.17, 15) is 4.79 Å². The highest BCUT2D eigenvalue weighted by Crippen LogP contribution is 2.29. The van der Waals surface area contributed by atoms with Crippen LogP contribution in [-0.4, -0.2) is 36.0 Å². The summed E-state index contributed by atoms with van der Waals surface area (Å²) in [7, 11) is 1.92. The summed E-state index contributed by atoms with van der Waals surface area (Å²) in [5.41, 5.74) is 0.720. The van der Waals surface area contributed by atoms with E-state index in [0.29, 0.717) is 23.1 Å². The number of carbonyl (C=O) groups excluding carboxylic acids is 1. The number of nitrogens with one attached hydrogen (secondary N) is 1. The van der Waals surface area contributed by atoms with Crippen LogP contribution in [0.2, 0.25) is 5.02 Å². The van der Waals surface area contributed by atoms with Gasteiger partial charge in [0, 0.05) is 35.8 Å². The fourth-order valence-electron chi connectivity index (χ4n) is 3.31. The van der Waals surface area contributed by atoms with E-state index in [1.807, 2.05) is 11.9 Å². The molecule has 0 aliphatic carbocycles. The van der Waals surface area contributed by atoms with Crippen LogP contribution >= 0.6 is 24.0 Å². The molecule has 2 unspecified atom stereocenters. The van der Waals surface area contributed by atoms with Gasteiger partial charge in [0.2, 0.25) is 0 Å². The van der Waals surface area contributed by atoms with Crippen LogP contribution in [0, 0.1) is 0 Å². The van der Waals surface area contributed by atoms with E-state index in [1.54, 1.807) is 24.3 Å². The predicted molar refractivity (Wildman–Crippen MR) is 83.8 cm³/mol. The molecule has 0 spiro atoms. The van der Waals surface area contributed by atoms with Gasteiger partial charge in [-0.15, -0.1) is 12.4 Å². The standard InChI is InChI=1S/C15H19ClN2O.ClH/c1-18(14-8-12-6-7-13(9-14)17-12)15(19)10-2-4-11(16)5-3-10;/h2-5,12-14,17H,6-9H2,1H3;1H. The molecular weight excluding hydrogens is 295 g/mol. The van der Waals surface area contributed by atoms with E-state index in [0.717, 1.165) is 18.4 Å². The lowest BCUT2D eigenvalue weighted by Crippen LogP contribution is -2.48. The number of piperidine rings is 1. The Kier molecular flexibility index (Phi) is 4.95. The number of carbonyl (C=O) groups is 1. The molecule has 5 heteroatoms. The van der Waals surface area contributed by atoms with E-state index < -0.39 is 0 Å². The molecule has 3 nitrogen and oxygen atoms in total. The molecule has 0 saturated carbocycles. The zero-order chi connectivity index (χ0) is 13.4. The summed E-state index contributed by atoms with van der Waals surface area (Å²) >= 11 is 5.86. The van der Waals surface area contributed by atoms with Crippen LogP contribution in [0.15, 0.2) is 24.3 Å². The molecule has 3 rings (SSSR count). The van der Waals surface area contributed by atoms with Crippen LogP contribution in [0.3, 0.4) is 0 Å². The molecule has 2 atom stereocenters. The Hall–Kier alpha value is -0.770. The van der Waals surface area contributed by atoms with Gasteiger partial charge in [-0.05, 0) is 49.9 Å². The predicted octanol–water partition coefficient (Wildman–Crippen LogP) is 3.12. The fraction of sp³-hybridized carbons (Fsp3) is 0.533. The Morgan fingerprint density at radius 1 is 1.20 bits per heavy atom. The summed E-state index contributed by atoms with van der Waals surface area (Å²) in [6.45, 7) is 0. The smallest absolute Gasteiger partial charge is 0.253 e. The highest BCUT2D eigenvalue weighted by Gasteiger charge is 2.36. The molecule has 2 aliphatic rings. The Morgan fingerprint density at radius 2 is 1.75 bits per heavy atom. The van der Waals surface area contributed by atoms with Crippen molar-refractivity contribution >= 4 is 29.9 Å². The molecule has 2 fully saturated rings. The van der Waals surface area contributed by atoms with Gasteiger partial charge in [-0.2, -0.15) is 0 Å². The summed E-state index contributed by atoms with van der Waals surface area (Å²) < 4.78 is 0. The third-order valence-electron chi connectivity index (χ3n) is 4.41. The number of rotatable bonds is 2. The van der Waals surface area contributed by atoms with Crippen molar-refractivity contribution in [3.8, 4) is 0 Å². The lowest BCUT2D eigenvalue weighted by Gasteiger charge is -2.35. The molecule has 1 N–H and O–H groups in total. The van der Waals surface area contributed by atoms with E-state index in [1.165, 1.54) is 12.8 Å². The van der Waals surface area contributed by atoms with Gasteiger partial charge in [0.1, 0.15) is 0 Å². The highest BCUT2D eigenvalue weighted by atomic mass is 35.5. The van der Waals surface area contributed by atoms with E-state index in [-0.39, 0.29) is 18.3 Å². The van der Waals surface area contributed by atoms with Crippen molar-refractivity contribution in [2.24, 2.45) is 0 Å². The summed E-state index contributed by atoms with van der Waals surface area (Å²) in [4.78, 5) is 14.4. The number of hydrogen-bond donors (Lipinski definition) is 1. The minimum Gasteiger partial charge on any atom is -0.339 e. The summed E-state index contributed by atoms with van der Waals surface area (Å²) in [5, 5.41) is 4.27. The van der Waals surface area contributed by atoms with Crippen LogP contribution in [0.5, 0.6) is 0 Å². The maximum absolute atomic E-state index is 12.5. The Bertz CT molecular complexity index is 465. The first-order chi connectivity index (χ1) is 9.13. The number of hydrogen-bond acceptors (Lipinski definition) is 2. The van der Waals surface area contributed by atoms with Gasteiger partial charge in [-0.3, -0.25) is 4.79 Å². The van der Waals surface area contributed by atoms with Crippen LogP contribution in [-0.2, 0) is 0 Å². The molecule has 0 radical (unpaired) electrons. The lowest BCUT2D eigenvalue weighted by molar-refractivity contribution is 0.0681. The van der Waals surface area contributed by atoms with Crippen LogP contribution in [0.1, 0.15) is 36.0 Å². The molecule has 1 aromatic carbocycles. The minimum absolute atomic E-state index is 0. The second-order valence-corrected chi connectivity index (χ2v) is 6.12. The first-order valence-corrected chi connectivity index (χ1v) is 7.30. The van der Waals surface area contributed by atoms with Gasteiger partial charge in [-0.25, -0.2) is 0 Å². The molecule has 20 heavy (non-hydrogen) atoms. The third kappa shape index (κ3) is 3.11. The zero-order valence-electron chi connectivity index (χ0n) is 11.5. The Morgan fingerprint density at radius 3 is 2.30 bits per heavy atom. The Balaban J connectivity index is 0.00000147. The number of benzene rings is 1. The summed E-state index contributed by atoms with van der Waals surface area (Å²) in [6.07, 6.45) is 4.66. The highest BCUT2D eigenvalue weighted by molar-refractivity contribution is 6.30. The van der Waals surface area contributed by atoms with Crippen molar-refractivity contribution in [1.82, 2.24) is 10.2 Å². The van der Waals surface area contributed by atoms with Gasteiger partial charge in [-0.1, -0.05) is 11.6 Å². The fourth-order valence-corrected chi connectivity index (χ4v) is 3.43. The second kappa shape index (κ2) is 6.33. The number of fused-ring (bicyclic) bond motifs is 2. The van der Waals surface area contributed by atoms with Crippen molar-refractivity contribution in [3.63, 3.8) is 0 Å². The van der Waals surface area contributed by atoms with E-state index in [2.05, 4.69) is 5.32 Å². The quantitative estimate of drug-likeness (QED) is 0.909. The van der Waals surface area contributed by atoms with Crippen LogP contribution in [0.25, 0.3) is 0 Å². The molecular formula is C15H20Cl2N2O. The van der Waals surface area contributed by atoms with E-state index >= 15 is 0 Å². The molecule has 2 saturated heterocycles. The number of halogens is 2. The molecule has 1 aromatic rings. The molecule has 1 amide bonds. The third-order valence-corrected chi connectivity index (χ3v) is 4.66. The SMILES string of the molecule is CN(C(=O)c1ccc(Cl)cc1)C1CC2CCC(C1)N2.Cl. The molecule has 110 valence electrons. The van der Waals surface area contributed by atoms with Crippen molar-refractivity contribution < 1.29 is 4.79 Å². The second-order valence-electron chi connectivity index (χ2n) is 5.69. The van der Waals surface area contributed by atoms with Crippen LogP contribution in [0.4, 0.5) is 0 Å². The zero-order valence-corrected chi connectivity index (χ0v) is 13.1. The number of amides is 1. The largest absolute Gasteiger partial charge is 0.339 e. The van der Waals surface area contributed by atoms with Gasteiger partial charge in [0.15, 0.2) is 0 Å². The van der Waals surface area contributed by atoms with Crippen molar-refractivity contribution in [1.29, 1.82) is 0 Å². The summed E-state index contributed by atoms with van der Waals surface area (Å²) in [6, 6.07) is 8.72. The maximum atomic E-state index is 12.5. The van der Waals surface area contributed by atoms with Gasteiger partial charge in [0.05, 0.1) is 0 Å². The normalized spacial score (nSPS) is 27.8. The first kappa shape index (κ1) is 15.6. The van der Waals surface area contributed by atoms with Crippen LogP contribution < -0.4 is 5.32 Å². The van der Waals surface area contributed by atoms with Gasteiger partial charge in [0.25, 0.3) is 5.91 Å². The molecule has 2 bridgehead atoms. The van der Waals surface area contributed by atoms with Gasteiger partial charge < -0.3 is 10.2 Å². The minimum atomic E-state index is 0. The van der Waals surface area contributed by atoms with Crippen molar-refractivity contribution in [2.75, 3.05) is 7.05 Å². The maximum Gasteiger partial charge on any atom is 0.253 e. The van der Waals surface area contributed by atoms with Crippen molar-refractivity contribution in [2.45, 2.75) is 43.8 Å². The molecule has 2 aliphatic heterocycles. The van der Waals surface area contributed by atoms with Gasteiger partial charge >= 0.3 is 0 Å². The monoisotopic (exact) mass is 314 g/mol. The average molecular weight is 315 g/mol. The molecule has 0 aromatic heterocycles. The van der Waals surface area contributed by atoms with Crippen molar-refractivity contribution in [3.05, 3.63) is 34.9 Å². The summed E-state index contributed by atoms with van der Waals surface area (Å²) in [5.74, 6) is 0.1000. The number of nitrogens with zero attached hydrogens (tertiary/aromatic N) is 1. The first-order valence-electron chi connectivity index (χ1n) is 6.92. The topological polar surface area (TPSA) is 32.3 Å².